The number of aryl methyl sites for hydroxylation is 1. The molecule has 1 aromatic rings. The van der Waals surface area contributed by atoms with Gasteiger partial charge in [-0.1, -0.05) is 17.7 Å². The lowest BCUT2D eigenvalue weighted by Gasteiger charge is -2.32. The first-order chi connectivity index (χ1) is 10.7. The van der Waals surface area contributed by atoms with Crippen LogP contribution in [0.1, 0.15) is 31.2 Å². The fourth-order valence-electron chi connectivity index (χ4n) is 2.86. The third kappa shape index (κ3) is 4.47. The summed E-state index contributed by atoms with van der Waals surface area (Å²) in [6.07, 6.45) is 4.90. The minimum atomic E-state index is 0.0983. The summed E-state index contributed by atoms with van der Waals surface area (Å²) in [4.78, 5) is 14.1. The van der Waals surface area contributed by atoms with Crippen LogP contribution in [0.25, 0.3) is 0 Å². The minimum absolute atomic E-state index is 0.0983. The molecule has 1 saturated heterocycles. The number of nitrogens with one attached hydrogen (secondary N) is 1. The Morgan fingerprint density at radius 2 is 1.86 bits per heavy atom. The number of carbonyl (C=O) groups excluding carboxylic acids is 1. The van der Waals surface area contributed by atoms with E-state index in [-0.39, 0.29) is 12.5 Å². The minimum Gasteiger partial charge on any atom is -0.484 e. The first-order valence-electron chi connectivity index (χ1n) is 8.41. The lowest BCUT2D eigenvalue weighted by atomic mass is 10.0. The summed E-state index contributed by atoms with van der Waals surface area (Å²) in [5.41, 5.74) is 1.19. The van der Waals surface area contributed by atoms with Gasteiger partial charge in [-0.25, -0.2) is 0 Å². The van der Waals surface area contributed by atoms with Crippen molar-refractivity contribution in [3.05, 3.63) is 29.8 Å². The maximum atomic E-state index is 12.2. The van der Waals surface area contributed by atoms with Gasteiger partial charge >= 0.3 is 0 Å². The molecule has 1 heterocycles. The number of nitrogens with zero attached hydrogens (tertiary/aromatic N) is 1. The Hall–Kier alpha value is -1.55. The highest BCUT2D eigenvalue weighted by Crippen LogP contribution is 2.28. The quantitative estimate of drug-likeness (QED) is 0.877. The summed E-state index contributed by atoms with van der Waals surface area (Å²) in [5.74, 6) is 1.78. The number of hydrogen-bond acceptors (Lipinski definition) is 3. The molecule has 1 N–H and O–H groups in total. The smallest absolute Gasteiger partial charge is 0.260 e. The highest BCUT2D eigenvalue weighted by atomic mass is 16.5. The van der Waals surface area contributed by atoms with Gasteiger partial charge in [-0.3, -0.25) is 4.79 Å². The number of ether oxygens (including phenoxy) is 1. The van der Waals surface area contributed by atoms with E-state index in [0.29, 0.717) is 6.04 Å². The zero-order valence-electron chi connectivity index (χ0n) is 13.4. The van der Waals surface area contributed by atoms with Gasteiger partial charge in [0, 0.05) is 19.1 Å². The van der Waals surface area contributed by atoms with Crippen molar-refractivity contribution < 1.29 is 9.53 Å². The molecule has 22 heavy (non-hydrogen) atoms. The fourth-order valence-corrected chi connectivity index (χ4v) is 2.86. The van der Waals surface area contributed by atoms with Gasteiger partial charge in [0.25, 0.3) is 5.91 Å². The van der Waals surface area contributed by atoms with E-state index in [1.807, 2.05) is 36.1 Å². The third-order valence-electron chi connectivity index (χ3n) is 4.62. The van der Waals surface area contributed by atoms with Crippen LogP contribution in [-0.4, -0.2) is 43.1 Å². The van der Waals surface area contributed by atoms with Gasteiger partial charge in [0.05, 0.1) is 0 Å². The van der Waals surface area contributed by atoms with E-state index in [0.717, 1.165) is 44.1 Å². The monoisotopic (exact) mass is 302 g/mol. The van der Waals surface area contributed by atoms with Crippen LogP contribution in [0.2, 0.25) is 0 Å². The van der Waals surface area contributed by atoms with Gasteiger partial charge < -0.3 is 15.0 Å². The van der Waals surface area contributed by atoms with Gasteiger partial charge in [-0.05, 0) is 57.2 Å². The largest absolute Gasteiger partial charge is 0.484 e. The summed E-state index contributed by atoms with van der Waals surface area (Å²) >= 11 is 0. The molecule has 0 unspecified atom stereocenters. The molecule has 0 atom stereocenters. The molecule has 2 aliphatic rings. The number of piperidine rings is 1. The van der Waals surface area contributed by atoms with Crippen LogP contribution < -0.4 is 10.1 Å². The number of amides is 1. The van der Waals surface area contributed by atoms with Gasteiger partial charge in [-0.2, -0.15) is 0 Å². The second kappa shape index (κ2) is 7.14. The SMILES string of the molecule is Cc1ccc(OCC(=O)N2CCC(NCC3CC3)CC2)cc1. The molecule has 0 spiro atoms. The van der Waals surface area contributed by atoms with Crippen molar-refractivity contribution in [1.29, 1.82) is 0 Å². The van der Waals surface area contributed by atoms with E-state index in [1.54, 1.807) is 0 Å². The van der Waals surface area contributed by atoms with E-state index in [4.69, 9.17) is 4.74 Å². The molecule has 4 nitrogen and oxygen atoms in total. The zero-order valence-corrected chi connectivity index (χ0v) is 13.4. The molecular formula is C18H26N2O2. The second-order valence-electron chi connectivity index (χ2n) is 6.61. The molecule has 0 radical (unpaired) electrons. The first kappa shape index (κ1) is 15.3. The summed E-state index contributed by atoms with van der Waals surface area (Å²) in [5, 5.41) is 3.64. The molecule has 2 fully saturated rings. The molecule has 1 aliphatic heterocycles. The van der Waals surface area contributed by atoms with Crippen LogP contribution in [0.4, 0.5) is 0 Å². The Balaban J connectivity index is 1.36. The molecule has 0 bridgehead atoms. The summed E-state index contributed by atoms with van der Waals surface area (Å²) in [6.45, 7) is 5.03. The molecule has 0 aromatic heterocycles. The van der Waals surface area contributed by atoms with E-state index in [2.05, 4.69) is 5.32 Å². The number of hydrogen-bond donors (Lipinski definition) is 1. The van der Waals surface area contributed by atoms with Gasteiger partial charge in [-0.15, -0.1) is 0 Å². The van der Waals surface area contributed by atoms with Gasteiger partial charge in [0.1, 0.15) is 5.75 Å². The van der Waals surface area contributed by atoms with E-state index in [9.17, 15) is 4.79 Å². The van der Waals surface area contributed by atoms with Gasteiger partial charge in [0.15, 0.2) is 6.61 Å². The second-order valence-corrected chi connectivity index (χ2v) is 6.61. The summed E-state index contributed by atoms with van der Waals surface area (Å²) < 4.78 is 5.58. The molecule has 1 aromatic carbocycles. The van der Waals surface area contributed by atoms with Crippen molar-refractivity contribution in [2.75, 3.05) is 26.2 Å². The lowest BCUT2D eigenvalue weighted by molar-refractivity contribution is -0.134. The predicted octanol–water partition coefficient (Wildman–Crippen LogP) is 2.36. The van der Waals surface area contributed by atoms with E-state index >= 15 is 0 Å². The standard InChI is InChI=1S/C18H26N2O2/c1-14-2-6-17(7-3-14)22-13-18(21)20-10-8-16(9-11-20)19-12-15-4-5-15/h2-3,6-7,15-16,19H,4-5,8-13H2,1H3. The number of carbonyl (C=O) groups is 1. The fraction of sp³-hybridized carbons (Fsp3) is 0.611. The summed E-state index contributed by atoms with van der Waals surface area (Å²) in [6, 6.07) is 8.41. The van der Waals surface area contributed by atoms with Crippen LogP contribution in [0.15, 0.2) is 24.3 Å². The lowest BCUT2D eigenvalue weighted by Crippen LogP contribution is -2.46. The Labute approximate surface area is 132 Å². The maximum Gasteiger partial charge on any atom is 0.260 e. The van der Waals surface area contributed by atoms with Crippen molar-refractivity contribution >= 4 is 5.91 Å². The van der Waals surface area contributed by atoms with Crippen LogP contribution in [0.3, 0.4) is 0 Å². The maximum absolute atomic E-state index is 12.2. The normalized spacial score (nSPS) is 19.2. The molecule has 3 rings (SSSR count). The molecular weight excluding hydrogens is 276 g/mol. The highest BCUT2D eigenvalue weighted by Gasteiger charge is 2.25. The van der Waals surface area contributed by atoms with E-state index < -0.39 is 0 Å². The van der Waals surface area contributed by atoms with Crippen LogP contribution in [-0.2, 0) is 4.79 Å². The zero-order chi connectivity index (χ0) is 15.4. The number of likely N-dealkylation sites (tertiary alicyclic amines) is 1. The third-order valence-corrected chi connectivity index (χ3v) is 4.62. The predicted molar refractivity (Wildman–Crippen MR) is 87.0 cm³/mol. The Morgan fingerprint density at radius 3 is 2.50 bits per heavy atom. The molecule has 1 aliphatic carbocycles. The van der Waals surface area contributed by atoms with Crippen molar-refractivity contribution in [3.63, 3.8) is 0 Å². The average Bonchev–Trinajstić information content (AvgIpc) is 3.37. The molecule has 4 heteroatoms. The van der Waals surface area contributed by atoms with Crippen molar-refractivity contribution in [1.82, 2.24) is 10.2 Å². The molecule has 1 amide bonds. The number of benzene rings is 1. The van der Waals surface area contributed by atoms with Gasteiger partial charge in [0.2, 0.25) is 0 Å². The Kier molecular flexibility index (Phi) is 4.98. The summed E-state index contributed by atoms with van der Waals surface area (Å²) in [7, 11) is 0. The van der Waals surface area contributed by atoms with Crippen LogP contribution in [0, 0.1) is 12.8 Å². The van der Waals surface area contributed by atoms with Crippen molar-refractivity contribution in [3.8, 4) is 5.75 Å². The van der Waals surface area contributed by atoms with E-state index in [1.165, 1.54) is 18.4 Å². The van der Waals surface area contributed by atoms with Crippen LogP contribution in [0.5, 0.6) is 5.75 Å². The molecule has 1 saturated carbocycles. The Bertz CT molecular complexity index is 488. The van der Waals surface area contributed by atoms with Crippen LogP contribution >= 0.6 is 0 Å². The first-order valence-corrected chi connectivity index (χ1v) is 8.41. The Morgan fingerprint density at radius 1 is 1.18 bits per heavy atom. The topological polar surface area (TPSA) is 41.6 Å². The van der Waals surface area contributed by atoms with Crippen molar-refractivity contribution in [2.24, 2.45) is 5.92 Å². The number of rotatable bonds is 6. The average molecular weight is 302 g/mol. The van der Waals surface area contributed by atoms with Crippen molar-refractivity contribution in [2.45, 2.75) is 38.6 Å². The molecule has 120 valence electrons. The highest BCUT2D eigenvalue weighted by molar-refractivity contribution is 5.77.